The summed E-state index contributed by atoms with van der Waals surface area (Å²) in [6.45, 7) is 15.8. The van der Waals surface area contributed by atoms with Gasteiger partial charge in [-0.1, -0.05) is 233 Å². The molecule has 0 saturated heterocycles. The van der Waals surface area contributed by atoms with Gasteiger partial charge in [-0.2, -0.15) is 0 Å². The monoisotopic (exact) mass is 1050 g/mol. The van der Waals surface area contributed by atoms with Crippen molar-refractivity contribution in [1.82, 2.24) is 0 Å². The van der Waals surface area contributed by atoms with Crippen LogP contribution in [-0.4, -0.2) is 16.1 Å². The third-order valence-electron chi connectivity index (χ3n) is 16.7. The quantitative estimate of drug-likeness (QED) is 0.113. The van der Waals surface area contributed by atoms with Gasteiger partial charge in [0.2, 0.25) is 0 Å². The van der Waals surface area contributed by atoms with Gasteiger partial charge in [0.1, 0.15) is 0 Å². The van der Waals surface area contributed by atoms with Gasteiger partial charge in [0.05, 0.1) is 27.5 Å². The Kier molecular flexibility index (Phi) is 12.5. The van der Waals surface area contributed by atoms with Gasteiger partial charge in [0.15, 0.2) is 0 Å². The van der Waals surface area contributed by atoms with E-state index >= 15 is 0 Å². The van der Waals surface area contributed by atoms with E-state index in [2.05, 4.69) is 328 Å². The second kappa shape index (κ2) is 19.9. The maximum atomic E-state index is 2.63. The van der Waals surface area contributed by atoms with Crippen LogP contribution < -0.4 is 9.80 Å². The topological polar surface area (TPSA) is 6.48 Å². The average molecular weight is 1050 g/mol. The molecule has 0 aliphatic heterocycles. The molecule has 382 valence electrons. The first-order chi connectivity index (χ1) is 38.4. The summed E-state index contributed by atoms with van der Waals surface area (Å²) in [5.41, 5.74) is 22.2. The van der Waals surface area contributed by atoms with Crippen molar-refractivity contribution in [3.63, 3.8) is 0 Å². The number of anilines is 6. The molecular formula is C75H64N2Si2. The maximum absolute atomic E-state index is 2.63. The molecule has 0 saturated carbocycles. The number of nitrogens with zero attached hydrogens (tertiary/aromatic N) is 2. The Balaban J connectivity index is 0.980. The normalized spacial score (nSPS) is 12.8. The van der Waals surface area contributed by atoms with Crippen LogP contribution in [0.5, 0.6) is 0 Å². The number of hydrogen-bond acceptors (Lipinski definition) is 2. The predicted octanol–water partition coefficient (Wildman–Crippen LogP) is 21.6. The molecule has 0 atom stereocenters. The zero-order valence-corrected chi connectivity index (χ0v) is 48.0. The molecule has 0 N–H and O–H groups in total. The summed E-state index contributed by atoms with van der Waals surface area (Å²) >= 11 is 0. The number of para-hydroxylation sites is 2. The van der Waals surface area contributed by atoms with Gasteiger partial charge in [-0.25, -0.2) is 0 Å². The largest absolute Gasteiger partial charge is 0.310 e. The fourth-order valence-electron chi connectivity index (χ4n) is 13.6. The summed E-state index contributed by atoms with van der Waals surface area (Å²) in [6.07, 6.45) is 0. The third kappa shape index (κ3) is 8.73. The average Bonchev–Trinajstić information content (AvgIpc) is 3.91. The number of fused-ring (bicyclic) bond motifs is 5. The van der Waals surface area contributed by atoms with E-state index in [1.54, 1.807) is 0 Å². The zero-order valence-electron chi connectivity index (χ0n) is 46.0. The summed E-state index contributed by atoms with van der Waals surface area (Å²) in [4.78, 5) is 4.93. The molecule has 0 radical (unpaired) electrons. The van der Waals surface area contributed by atoms with E-state index in [4.69, 9.17) is 0 Å². The molecule has 0 amide bonds. The molecule has 0 heterocycles. The molecule has 2 nitrogen and oxygen atoms in total. The van der Waals surface area contributed by atoms with Crippen molar-refractivity contribution in [2.24, 2.45) is 0 Å². The molecule has 1 aliphatic carbocycles. The molecule has 0 unspecified atom stereocenters. The van der Waals surface area contributed by atoms with Gasteiger partial charge in [-0.05, 0) is 162 Å². The fraction of sp³-hybridized carbons (Fsp3) is 0.0933. The van der Waals surface area contributed by atoms with Crippen LogP contribution in [0.3, 0.4) is 0 Å². The fourth-order valence-corrected chi connectivity index (χ4v) is 26.6. The lowest BCUT2D eigenvalue weighted by Gasteiger charge is -2.51. The molecule has 0 aromatic heterocycles. The summed E-state index contributed by atoms with van der Waals surface area (Å²) < 4.78 is -0.0845. The first kappa shape index (κ1) is 49.7. The summed E-state index contributed by atoms with van der Waals surface area (Å²) in [7, 11) is -4.17. The minimum atomic E-state index is -2.08. The SMILES string of the molecule is C[Si](C)(C)C1([Si](C)(C)C)c2cc3cc(N(c4ccccc4)c4ccc(-c5ccccc5)cc4-c4ccccc4)ccc3cc2-c2cc3ccc(N(c4ccccc4)c4ccc(-c5ccccc5)cc4-c4ccccc4)cc3cc21. The lowest BCUT2D eigenvalue weighted by Crippen LogP contribution is -2.63. The highest BCUT2D eigenvalue weighted by Crippen LogP contribution is 2.60. The highest BCUT2D eigenvalue weighted by molar-refractivity contribution is 6.99. The highest BCUT2D eigenvalue weighted by atomic mass is 28.4. The second-order valence-electron chi connectivity index (χ2n) is 23.4. The molecule has 12 aromatic rings. The Morgan fingerprint density at radius 1 is 0.241 bits per heavy atom. The van der Waals surface area contributed by atoms with E-state index < -0.39 is 16.1 Å². The lowest BCUT2D eigenvalue weighted by molar-refractivity contribution is 0.956. The summed E-state index contributed by atoms with van der Waals surface area (Å²) in [5.74, 6) is 0. The van der Waals surface area contributed by atoms with Crippen LogP contribution in [0, 0.1) is 0 Å². The molecule has 0 bridgehead atoms. The van der Waals surface area contributed by atoms with E-state index in [1.165, 1.54) is 88.3 Å². The van der Waals surface area contributed by atoms with Gasteiger partial charge in [0.25, 0.3) is 0 Å². The van der Waals surface area contributed by atoms with Crippen LogP contribution in [0.1, 0.15) is 11.1 Å². The molecule has 4 heteroatoms. The molecule has 12 aromatic carbocycles. The second-order valence-corrected chi connectivity index (χ2v) is 34.4. The predicted molar refractivity (Wildman–Crippen MR) is 345 cm³/mol. The molecule has 0 spiro atoms. The van der Waals surface area contributed by atoms with Crippen molar-refractivity contribution in [3.8, 4) is 55.6 Å². The standard InChI is InChI=1S/C75H64N2Si2/c1-78(2,3)75(79(4,5)6)71-51-61-45-65(76(63-33-21-11-22-34-63)73-43-39-57(53-25-13-7-14-26-53)47-67(73)55-29-17-9-18-30-55)41-37-59(61)49-69(71)70-50-60-38-42-66(46-62(60)52-72(70)75)77(64-35-23-12-24-36-64)74-44-40-58(54-27-15-8-16-28-54)48-68(74)56-31-19-10-20-32-56/h7-52H,1-6H3. The van der Waals surface area contributed by atoms with Crippen LogP contribution in [0.2, 0.25) is 39.3 Å². The van der Waals surface area contributed by atoms with Crippen molar-refractivity contribution in [3.05, 3.63) is 290 Å². The van der Waals surface area contributed by atoms with Crippen LogP contribution in [0.4, 0.5) is 34.1 Å². The molecule has 1 aliphatic rings. The molecule has 13 rings (SSSR count). The van der Waals surface area contributed by atoms with Gasteiger partial charge in [-0.3, -0.25) is 0 Å². The van der Waals surface area contributed by atoms with E-state index in [-0.39, 0.29) is 4.66 Å². The van der Waals surface area contributed by atoms with Crippen LogP contribution in [0.25, 0.3) is 77.2 Å². The summed E-state index contributed by atoms with van der Waals surface area (Å²) in [5, 5.41) is 5.05. The Labute approximate surface area is 468 Å². The van der Waals surface area contributed by atoms with Crippen molar-refractivity contribution in [1.29, 1.82) is 0 Å². The van der Waals surface area contributed by atoms with Gasteiger partial charge in [0, 0.05) is 38.5 Å². The van der Waals surface area contributed by atoms with Crippen LogP contribution >= 0.6 is 0 Å². The Bertz CT molecular complexity index is 3910. The summed E-state index contributed by atoms with van der Waals surface area (Å²) in [6, 6.07) is 104. The van der Waals surface area contributed by atoms with Gasteiger partial charge in [-0.15, -0.1) is 0 Å². The van der Waals surface area contributed by atoms with Gasteiger partial charge >= 0.3 is 0 Å². The zero-order chi connectivity index (χ0) is 53.9. The van der Waals surface area contributed by atoms with Crippen LogP contribution in [-0.2, 0) is 4.66 Å². The minimum Gasteiger partial charge on any atom is -0.310 e. The third-order valence-corrected chi connectivity index (χ3v) is 26.7. The minimum absolute atomic E-state index is 0.0845. The Morgan fingerprint density at radius 2 is 0.570 bits per heavy atom. The Morgan fingerprint density at radius 3 is 0.911 bits per heavy atom. The smallest absolute Gasteiger partial charge is 0.0579 e. The van der Waals surface area contributed by atoms with Crippen molar-refractivity contribution in [2.45, 2.75) is 43.9 Å². The van der Waals surface area contributed by atoms with E-state index in [0.717, 1.165) is 34.1 Å². The first-order valence-corrected chi connectivity index (χ1v) is 34.8. The van der Waals surface area contributed by atoms with E-state index in [0.29, 0.717) is 0 Å². The molecular weight excluding hydrogens is 985 g/mol. The van der Waals surface area contributed by atoms with Crippen LogP contribution in [0.15, 0.2) is 279 Å². The van der Waals surface area contributed by atoms with Gasteiger partial charge < -0.3 is 9.80 Å². The lowest BCUT2D eigenvalue weighted by atomic mass is 9.95. The van der Waals surface area contributed by atoms with E-state index in [1.807, 2.05) is 0 Å². The number of rotatable bonds is 12. The van der Waals surface area contributed by atoms with Crippen molar-refractivity contribution < 1.29 is 0 Å². The van der Waals surface area contributed by atoms with E-state index in [9.17, 15) is 0 Å². The van der Waals surface area contributed by atoms with Crippen molar-refractivity contribution >= 4 is 71.8 Å². The number of hydrogen-bond donors (Lipinski definition) is 0. The van der Waals surface area contributed by atoms with Crippen molar-refractivity contribution in [2.75, 3.05) is 9.80 Å². The maximum Gasteiger partial charge on any atom is 0.0579 e. The Hall–Kier alpha value is -8.81. The molecule has 79 heavy (non-hydrogen) atoms. The first-order valence-electron chi connectivity index (χ1n) is 27.8. The molecule has 0 fully saturated rings. The highest BCUT2D eigenvalue weighted by Gasteiger charge is 2.59. The number of benzene rings is 12.